The predicted molar refractivity (Wildman–Crippen MR) is 110 cm³/mol. The third-order valence-corrected chi connectivity index (χ3v) is 5.78. The van der Waals surface area contributed by atoms with E-state index in [1.807, 2.05) is 48.5 Å². The number of methoxy groups -OCH3 is 1. The summed E-state index contributed by atoms with van der Waals surface area (Å²) in [6.45, 7) is 0.337. The summed E-state index contributed by atoms with van der Waals surface area (Å²) in [5, 5.41) is 12.0. The van der Waals surface area contributed by atoms with E-state index in [4.69, 9.17) is 4.74 Å². The Morgan fingerprint density at radius 1 is 1.14 bits per heavy atom. The number of nitrogens with zero attached hydrogens (tertiary/aromatic N) is 3. The van der Waals surface area contributed by atoms with Gasteiger partial charge in [0.25, 0.3) is 5.91 Å². The average molecular weight is 408 g/mol. The lowest BCUT2D eigenvalue weighted by atomic mass is 9.79. The highest BCUT2D eigenvalue weighted by Crippen LogP contribution is 2.42. The van der Waals surface area contributed by atoms with Gasteiger partial charge in [0.15, 0.2) is 0 Å². The Morgan fingerprint density at radius 3 is 2.62 bits per heavy atom. The molecule has 0 saturated heterocycles. The minimum absolute atomic E-state index is 0.100. The SMILES string of the molecule is COCc1nnc(NC(=O)[C@H]2c3ccccc3C(=O)N(C)[C@H]2c2ccccc2)s1. The van der Waals surface area contributed by atoms with Crippen LogP contribution in [0.5, 0.6) is 0 Å². The molecule has 4 rings (SSSR count). The number of hydrogen-bond donors (Lipinski definition) is 1. The third kappa shape index (κ3) is 3.64. The maximum atomic E-state index is 13.4. The van der Waals surface area contributed by atoms with Crippen LogP contribution < -0.4 is 5.32 Å². The topological polar surface area (TPSA) is 84.4 Å². The van der Waals surface area contributed by atoms with Crippen LogP contribution in [-0.2, 0) is 16.1 Å². The zero-order chi connectivity index (χ0) is 20.4. The average Bonchev–Trinajstić information content (AvgIpc) is 3.18. The number of anilines is 1. The molecule has 2 aromatic carbocycles. The van der Waals surface area contributed by atoms with Gasteiger partial charge in [0.05, 0.1) is 12.0 Å². The molecule has 7 nitrogen and oxygen atoms in total. The maximum Gasteiger partial charge on any atom is 0.254 e. The summed E-state index contributed by atoms with van der Waals surface area (Å²) in [5.74, 6) is -0.909. The smallest absolute Gasteiger partial charge is 0.254 e. The van der Waals surface area contributed by atoms with E-state index >= 15 is 0 Å². The van der Waals surface area contributed by atoms with Crippen LogP contribution >= 0.6 is 11.3 Å². The molecule has 2 heterocycles. The van der Waals surface area contributed by atoms with Crippen molar-refractivity contribution < 1.29 is 14.3 Å². The molecule has 0 aliphatic carbocycles. The van der Waals surface area contributed by atoms with E-state index in [0.717, 1.165) is 5.56 Å². The standard InChI is InChI=1S/C21H20N4O3S/c1-25-18(13-8-4-3-5-9-13)17(14-10-6-7-11-15(14)20(25)27)19(26)22-21-24-23-16(29-21)12-28-2/h3-11,17-18H,12H2,1-2H3,(H,22,24,26)/t17-,18-/m0/s1. The fraction of sp³-hybridized carbons (Fsp3) is 0.238. The lowest BCUT2D eigenvalue weighted by Gasteiger charge is -2.39. The van der Waals surface area contributed by atoms with Gasteiger partial charge < -0.3 is 9.64 Å². The third-order valence-electron chi connectivity index (χ3n) is 4.97. The summed E-state index contributed by atoms with van der Waals surface area (Å²) in [6, 6.07) is 16.4. The largest absolute Gasteiger partial charge is 0.377 e. The molecule has 29 heavy (non-hydrogen) atoms. The van der Waals surface area contributed by atoms with Gasteiger partial charge in [-0.3, -0.25) is 14.9 Å². The summed E-state index contributed by atoms with van der Waals surface area (Å²) in [5.41, 5.74) is 2.15. The number of carbonyl (C=O) groups excluding carboxylic acids is 2. The molecule has 0 radical (unpaired) electrons. The number of rotatable bonds is 5. The molecule has 0 fully saturated rings. The summed E-state index contributed by atoms with van der Waals surface area (Å²) in [7, 11) is 3.31. The number of likely N-dealkylation sites (N-methyl/N-ethyl adjacent to an activating group) is 1. The van der Waals surface area contributed by atoms with E-state index in [1.54, 1.807) is 25.1 Å². The highest BCUT2D eigenvalue weighted by molar-refractivity contribution is 7.15. The molecule has 2 amide bonds. The minimum Gasteiger partial charge on any atom is -0.377 e. The van der Waals surface area contributed by atoms with E-state index in [-0.39, 0.29) is 11.8 Å². The second-order valence-corrected chi connectivity index (χ2v) is 7.82. The Bertz CT molecular complexity index is 1040. The molecule has 0 bridgehead atoms. The van der Waals surface area contributed by atoms with Crippen molar-refractivity contribution in [3.05, 3.63) is 76.3 Å². The van der Waals surface area contributed by atoms with Crippen LogP contribution in [0.15, 0.2) is 54.6 Å². The van der Waals surface area contributed by atoms with Crippen molar-refractivity contribution in [1.82, 2.24) is 15.1 Å². The van der Waals surface area contributed by atoms with Gasteiger partial charge in [-0.25, -0.2) is 0 Å². The molecular formula is C21H20N4O3S. The van der Waals surface area contributed by atoms with E-state index in [9.17, 15) is 9.59 Å². The summed E-state index contributed by atoms with van der Waals surface area (Å²) in [4.78, 5) is 28.0. The molecule has 148 valence electrons. The lowest BCUT2D eigenvalue weighted by Crippen LogP contribution is -2.44. The molecular weight excluding hydrogens is 388 g/mol. The second-order valence-electron chi connectivity index (χ2n) is 6.76. The Hall–Kier alpha value is -3.10. The van der Waals surface area contributed by atoms with Gasteiger partial charge in [-0.2, -0.15) is 0 Å². The molecule has 2 atom stereocenters. The highest BCUT2D eigenvalue weighted by atomic mass is 32.1. The van der Waals surface area contributed by atoms with Gasteiger partial charge in [-0.15, -0.1) is 10.2 Å². The van der Waals surface area contributed by atoms with Crippen LogP contribution in [0.3, 0.4) is 0 Å². The first-order chi connectivity index (χ1) is 14.1. The molecule has 3 aromatic rings. The van der Waals surface area contributed by atoms with Gasteiger partial charge in [-0.1, -0.05) is 59.9 Å². The van der Waals surface area contributed by atoms with E-state index in [1.165, 1.54) is 11.3 Å². The fourth-order valence-electron chi connectivity index (χ4n) is 3.69. The number of benzene rings is 2. The summed E-state index contributed by atoms with van der Waals surface area (Å²) >= 11 is 1.27. The highest BCUT2D eigenvalue weighted by Gasteiger charge is 2.42. The van der Waals surface area contributed by atoms with Crippen molar-refractivity contribution in [3.63, 3.8) is 0 Å². The maximum absolute atomic E-state index is 13.4. The Kier molecular flexibility index (Phi) is 5.37. The minimum atomic E-state index is -0.578. The van der Waals surface area contributed by atoms with Gasteiger partial charge in [0.2, 0.25) is 11.0 Å². The first-order valence-electron chi connectivity index (χ1n) is 9.13. The molecule has 1 aromatic heterocycles. The van der Waals surface area contributed by atoms with Crippen molar-refractivity contribution >= 4 is 28.3 Å². The zero-order valence-electron chi connectivity index (χ0n) is 16.0. The predicted octanol–water partition coefficient (Wildman–Crippen LogP) is 3.23. The van der Waals surface area contributed by atoms with Crippen LogP contribution in [0, 0.1) is 0 Å². The molecule has 0 spiro atoms. The lowest BCUT2D eigenvalue weighted by molar-refractivity contribution is -0.119. The number of nitrogens with one attached hydrogen (secondary N) is 1. The van der Waals surface area contributed by atoms with Crippen LogP contribution in [0.2, 0.25) is 0 Å². The number of fused-ring (bicyclic) bond motifs is 1. The van der Waals surface area contributed by atoms with Gasteiger partial charge in [0.1, 0.15) is 11.6 Å². The van der Waals surface area contributed by atoms with Gasteiger partial charge in [0, 0.05) is 19.7 Å². The number of hydrogen-bond acceptors (Lipinski definition) is 6. The molecule has 1 N–H and O–H groups in total. The molecule has 0 unspecified atom stereocenters. The van der Waals surface area contributed by atoms with Crippen molar-refractivity contribution in [1.29, 1.82) is 0 Å². The van der Waals surface area contributed by atoms with Crippen LogP contribution in [0.25, 0.3) is 0 Å². The van der Waals surface area contributed by atoms with Crippen molar-refractivity contribution in [2.45, 2.75) is 18.6 Å². The number of carbonyl (C=O) groups is 2. The Balaban J connectivity index is 1.74. The monoisotopic (exact) mass is 408 g/mol. The summed E-state index contributed by atoms with van der Waals surface area (Å²) < 4.78 is 5.06. The Labute approximate surface area is 172 Å². The number of aromatic nitrogens is 2. The zero-order valence-corrected chi connectivity index (χ0v) is 16.8. The molecule has 1 aliphatic rings. The number of ether oxygens (including phenoxy) is 1. The fourth-order valence-corrected chi connectivity index (χ4v) is 4.41. The number of amides is 2. The van der Waals surface area contributed by atoms with E-state index in [2.05, 4.69) is 15.5 Å². The van der Waals surface area contributed by atoms with Crippen molar-refractivity contribution in [2.75, 3.05) is 19.5 Å². The van der Waals surface area contributed by atoms with Crippen LogP contribution in [0.1, 0.15) is 38.5 Å². The quantitative estimate of drug-likeness (QED) is 0.701. The van der Waals surface area contributed by atoms with Crippen LogP contribution in [0.4, 0.5) is 5.13 Å². The molecule has 0 saturated carbocycles. The second kappa shape index (κ2) is 8.10. The summed E-state index contributed by atoms with van der Waals surface area (Å²) in [6.07, 6.45) is 0. The van der Waals surface area contributed by atoms with Gasteiger partial charge >= 0.3 is 0 Å². The first-order valence-corrected chi connectivity index (χ1v) is 9.95. The van der Waals surface area contributed by atoms with E-state index in [0.29, 0.717) is 27.9 Å². The molecule has 8 heteroatoms. The van der Waals surface area contributed by atoms with Crippen molar-refractivity contribution in [2.24, 2.45) is 0 Å². The van der Waals surface area contributed by atoms with Crippen molar-refractivity contribution in [3.8, 4) is 0 Å². The normalized spacial score (nSPS) is 18.4. The van der Waals surface area contributed by atoms with Crippen LogP contribution in [-0.4, -0.2) is 41.1 Å². The van der Waals surface area contributed by atoms with Gasteiger partial charge in [-0.05, 0) is 17.2 Å². The first kappa shape index (κ1) is 19.2. The Morgan fingerprint density at radius 2 is 1.86 bits per heavy atom. The van der Waals surface area contributed by atoms with E-state index < -0.39 is 12.0 Å². The molecule has 1 aliphatic heterocycles.